The normalized spacial score (nSPS) is 11.1. The lowest BCUT2D eigenvalue weighted by molar-refractivity contribution is 0.411. The van der Waals surface area contributed by atoms with Crippen molar-refractivity contribution in [2.75, 3.05) is 14.2 Å². The number of aromatic nitrogens is 2. The Morgan fingerprint density at radius 3 is 1.89 bits per heavy atom. The molecule has 4 nitrogen and oxygen atoms in total. The SMILES string of the molecule is COc1ccc2ccccc2c1-c1c(OC)ccc2cc(-c3cccc(-c4cccc(Br)n4)n3)ccc12. The zero-order chi connectivity index (χ0) is 25.4. The van der Waals surface area contributed by atoms with Crippen molar-refractivity contribution in [2.45, 2.75) is 0 Å². The predicted molar refractivity (Wildman–Crippen MR) is 154 cm³/mol. The third-order valence-corrected chi connectivity index (χ3v) is 7.03. The molecule has 0 saturated heterocycles. The van der Waals surface area contributed by atoms with Crippen LogP contribution in [-0.4, -0.2) is 24.2 Å². The maximum atomic E-state index is 5.87. The molecule has 2 aromatic heterocycles. The number of halogens is 1. The average molecular weight is 547 g/mol. The molecule has 0 aliphatic heterocycles. The number of benzene rings is 4. The highest BCUT2D eigenvalue weighted by molar-refractivity contribution is 9.10. The van der Waals surface area contributed by atoms with Crippen molar-refractivity contribution >= 4 is 37.5 Å². The van der Waals surface area contributed by atoms with Gasteiger partial charge in [0.15, 0.2) is 0 Å². The lowest BCUT2D eigenvalue weighted by Crippen LogP contribution is -1.95. The third-order valence-electron chi connectivity index (χ3n) is 6.58. The number of ether oxygens (including phenoxy) is 2. The first-order valence-electron chi connectivity index (χ1n) is 11.9. The molecule has 0 fully saturated rings. The second-order valence-electron chi connectivity index (χ2n) is 8.70. The van der Waals surface area contributed by atoms with Crippen LogP contribution in [0.5, 0.6) is 11.5 Å². The Labute approximate surface area is 223 Å². The molecule has 0 N–H and O–H groups in total. The molecule has 4 aromatic carbocycles. The lowest BCUT2D eigenvalue weighted by Gasteiger charge is -2.18. The first-order chi connectivity index (χ1) is 18.2. The molecule has 0 aliphatic carbocycles. The molecule has 180 valence electrons. The molecule has 0 aliphatic rings. The van der Waals surface area contributed by atoms with Crippen LogP contribution in [0, 0.1) is 0 Å². The van der Waals surface area contributed by atoms with Gasteiger partial charge in [0, 0.05) is 16.7 Å². The van der Waals surface area contributed by atoms with Crippen LogP contribution in [-0.2, 0) is 0 Å². The highest BCUT2D eigenvalue weighted by Gasteiger charge is 2.18. The summed E-state index contributed by atoms with van der Waals surface area (Å²) in [5.74, 6) is 1.61. The van der Waals surface area contributed by atoms with E-state index in [4.69, 9.17) is 14.5 Å². The monoisotopic (exact) mass is 546 g/mol. The van der Waals surface area contributed by atoms with Crippen LogP contribution >= 0.6 is 15.9 Å². The van der Waals surface area contributed by atoms with Gasteiger partial charge in [-0.25, -0.2) is 9.97 Å². The summed E-state index contributed by atoms with van der Waals surface area (Å²) in [5.41, 5.74) is 5.62. The minimum Gasteiger partial charge on any atom is -0.496 e. The van der Waals surface area contributed by atoms with E-state index in [0.29, 0.717) is 0 Å². The second-order valence-corrected chi connectivity index (χ2v) is 9.51. The number of nitrogens with zero attached hydrogens (tertiary/aromatic N) is 2. The van der Waals surface area contributed by atoms with E-state index < -0.39 is 0 Å². The van der Waals surface area contributed by atoms with Crippen molar-refractivity contribution in [3.63, 3.8) is 0 Å². The van der Waals surface area contributed by atoms with Gasteiger partial charge in [-0.2, -0.15) is 0 Å². The van der Waals surface area contributed by atoms with Gasteiger partial charge in [0.25, 0.3) is 0 Å². The molecule has 2 heterocycles. The molecule has 0 spiro atoms. The van der Waals surface area contributed by atoms with Crippen LogP contribution in [0.4, 0.5) is 0 Å². The van der Waals surface area contributed by atoms with E-state index in [2.05, 4.69) is 75.5 Å². The maximum absolute atomic E-state index is 5.87. The number of pyridine rings is 2. The molecule has 0 radical (unpaired) electrons. The van der Waals surface area contributed by atoms with Gasteiger partial charge in [-0.05, 0) is 79.9 Å². The van der Waals surface area contributed by atoms with Gasteiger partial charge in [0.1, 0.15) is 16.1 Å². The van der Waals surface area contributed by atoms with Crippen LogP contribution in [0.3, 0.4) is 0 Å². The Bertz CT molecular complexity index is 1780. The zero-order valence-electron chi connectivity index (χ0n) is 20.4. The van der Waals surface area contributed by atoms with Crippen molar-refractivity contribution in [3.05, 3.63) is 108 Å². The topological polar surface area (TPSA) is 44.2 Å². The van der Waals surface area contributed by atoms with Crippen LogP contribution in [0.15, 0.2) is 108 Å². The summed E-state index contributed by atoms with van der Waals surface area (Å²) in [5, 5.41) is 4.45. The summed E-state index contributed by atoms with van der Waals surface area (Å²) < 4.78 is 12.5. The lowest BCUT2D eigenvalue weighted by atomic mass is 9.91. The smallest absolute Gasteiger partial charge is 0.127 e. The van der Waals surface area contributed by atoms with E-state index in [9.17, 15) is 0 Å². The highest BCUT2D eigenvalue weighted by Crippen LogP contribution is 2.45. The fourth-order valence-corrected chi connectivity index (χ4v) is 5.21. The number of methoxy groups -OCH3 is 2. The summed E-state index contributed by atoms with van der Waals surface area (Å²) in [4.78, 5) is 9.48. The summed E-state index contributed by atoms with van der Waals surface area (Å²) >= 11 is 3.45. The number of fused-ring (bicyclic) bond motifs is 2. The first kappa shape index (κ1) is 23.2. The largest absolute Gasteiger partial charge is 0.496 e. The Morgan fingerprint density at radius 1 is 0.541 bits per heavy atom. The van der Waals surface area contributed by atoms with E-state index in [-0.39, 0.29) is 0 Å². The average Bonchev–Trinajstić information content (AvgIpc) is 2.95. The van der Waals surface area contributed by atoms with Gasteiger partial charge in [0.05, 0.1) is 31.3 Å². The molecule has 0 saturated carbocycles. The van der Waals surface area contributed by atoms with Gasteiger partial charge in [0.2, 0.25) is 0 Å². The van der Waals surface area contributed by atoms with Gasteiger partial charge in [-0.15, -0.1) is 0 Å². The molecule has 5 heteroatoms. The molecule has 0 unspecified atom stereocenters. The van der Waals surface area contributed by atoms with E-state index >= 15 is 0 Å². The van der Waals surface area contributed by atoms with E-state index in [1.165, 1.54) is 0 Å². The molecule has 0 atom stereocenters. The highest BCUT2D eigenvalue weighted by atomic mass is 79.9. The van der Waals surface area contributed by atoms with E-state index in [1.807, 2.05) is 48.5 Å². The van der Waals surface area contributed by atoms with Crippen molar-refractivity contribution < 1.29 is 9.47 Å². The Kier molecular flexibility index (Phi) is 6.07. The Balaban J connectivity index is 1.54. The fourth-order valence-electron chi connectivity index (χ4n) is 4.87. The van der Waals surface area contributed by atoms with Crippen LogP contribution in [0.2, 0.25) is 0 Å². The first-order valence-corrected chi connectivity index (χ1v) is 12.7. The number of hydrogen-bond donors (Lipinski definition) is 0. The zero-order valence-corrected chi connectivity index (χ0v) is 22.0. The summed E-state index contributed by atoms with van der Waals surface area (Å²) in [6.45, 7) is 0. The number of rotatable bonds is 5. The molecular weight excluding hydrogens is 524 g/mol. The van der Waals surface area contributed by atoms with Crippen LogP contribution < -0.4 is 9.47 Å². The molecule has 6 rings (SSSR count). The minimum atomic E-state index is 0.785. The minimum absolute atomic E-state index is 0.785. The van der Waals surface area contributed by atoms with E-state index in [0.717, 1.165) is 71.4 Å². The maximum Gasteiger partial charge on any atom is 0.127 e. The van der Waals surface area contributed by atoms with Crippen molar-refractivity contribution in [1.82, 2.24) is 9.97 Å². The van der Waals surface area contributed by atoms with Crippen molar-refractivity contribution in [2.24, 2.45) is 0 Å². The molecular formula is C32H23BrN2O2. The van der Waals surface area contributed by atoms with Crippen LogP contribution in [0.25, 0.3) is 55.3 Å². The van der Waals surface area contributed by atoms with Crippen molar-refractivity contribution in [3.8, 4) is 45.3 Å². The summed E-state index contributed by atoms with van der Waals surface area (Å²) in [6.07, 6.45) is 0. The molecule has 6 aromatic rings. The van der Waals surface area contributed by atoms with Gasteiger partial charge < -0.3 is 9.47 Å². The fraction of sp³-hybridized carbons (Fsp3) is 0.0625. The quantitative estimate of drug-likeness (QED) is 0.203. The Hall–Kier alpha value is -4.22. The van der Waals surface area contributed by atoms with Gasteiger partial charge >= 0.3 is 0 Å². The molecule has 37 heavy (non-hydrogen) atoms. The van der Waals surface area contributed by atoms with Gasteiger partial charge in [-0.1, -0.05) is 60.7 Å². The second kappa shape index (κ2) is 9.68. The van der Waals surface area contributed by atoms with Gasteiger partial charge in [-0.3, -0.25) is 0 Å². The summed E-state index contributed by atoms with van der Waals surface area (Å²) in [6, 6.07) is 34.9. The van der Waals surface area contributed by atoms with Crippen molar-refractivity contribution in [1.29, 1.82) is 0 Å². The Morgan fingerprint density at radius 2 is 1.16 bits per heavy atom. The predicted octanol–water partition coefficient (Wildman–Crippen LogP) is 8.56. The van der Waals surface area contributed by atoms with E-state index in [1.54, 1.807) is 14.2 Å². The molecule has 0 bridgehead atoms. The third kappa shape index (κ3) is 4.21. The van der Waals surface area contributed by atoms with Crippen LogP contribution in [0.1, 0.15) is 0 Å². The summed E-state index contributed by atoms with van der Waals surface area (Å²) in [7, 11) is 3.42. The number of hydrogen-bond acceptors (Lipinski definition) is 4. The molecule has 0 amide bonds. The standard InChI is InChI=1S/C32H23BrN2O2/c1-36-28-17-14-20-7-3-4-8-23(20)31(28)32-24-16-13-22(19-21(24)15-18-29(32)37-2)25-9-5-10-26(34-25)27-11-6-12-30(33)35-27/h3-19H,1-2H3.